The van der Waals surface area contributed by atoms with Crippen molar-refractivity contribution in [3.8, 4) is 0 Å². The lowest BCUT2D eigenvalue weighted by atomic mass is 9.82. The molecule has 2 N–H and O–H groups in total. The van der Waals surface area contributed by atoms with E-state index in [1.807, 2.05) is 6.07 Å². The van der Waals surface area contributed by atoms with Crippen molar-refractivity contribution >= 4 is 11.6 Å². The molecule has 1 saturated carbocycles. The molecule has 1 saturated heterocycles. The lowest BCUT2D eigenvalue weighted by molar-refractivity contribution is -0.128. The van der Waals surface area contributed by atoms with Crippen LogP contribution in [0.15, 0.2) is 30.3 Å². The Balaban J connectivity index is 1.52. The molecule has 126 valence electrons. The number of carbonyl (C=O) groups is 1. The molecule has 3 rings (SSSR count). The van der Waals surface area contributed by atoms with Crippen molar-refractivity contribution in [2.75, 3.05) is 18.0 Å². The fourth-order valence-electron chi connectivity index (χ4n) is 3.93. The molecule has 1 aromatic carbocycles. The number of hydrogen-bond donors (Lipinski definition) is 2. The second kappa shape index (κ2) is 7.35. The summed E-state index contributed by atoms with van der Waals surface area (Å²) in [7, 11) is 0. The van der Waals surface area contributed by atoms with Crippen LogP contribution in [0.25, 0.3) is 0 Å². The van der Waals surface area contributed by atoms with Gasteiger partial charge in [-0.1, -0.05) is 37.5 Å². The lowest BCUT2D eigenvalue weighted by Gasteiger charge is -2.36. The first-order chi connectivity index (χ1) is 11.1. The summed E-state index contributed by atoms with van der Waals surface area (Å²) in [5.41, 5.74) is 0.452. The molecule has 4 nitrogen and oxygen atoms in total. The fraction of sp³-hybridized carbons (Fsp3) is 0.632. The highest BCUT2D eigenvalue weighted by atomic mass is 16.3. The van der Waals surface area contributed by atoms with Crippen LogP contribution in [0, 0.1) is 0 Å². The quantitative estimate of drug-likeness (QED) is 0.898. The van der Waals surface area contributed by atoms with E-state index in [-0.39, 0.29) is 18.4 Å². The number of para-hydroxylation sites is 1. The number of piperidine rings is 1. The number of hydrogen-bond acceptors (Lipinski definition) is 3. The number of rotatable bonds is 4. The van der Waals surface area contributed by atoms with Crippen LogP contribution in [0.1, 0.15) is 51.4 Å². The molecule has 1 aliphatic heterocycles. The first-order valence-electron chi connectivity index (χ1n) is 8.96. The van der Waals surface area contributed by atoms with Gasteiger partial charge in [0.15, 0.2) is 0 Å². The van der Waals surface area contributed by atoms with Crippen molar-refractivity contribution in [1.29, 1.82) is 0 Å². The number of amides is 1. The highest BCUT2D eigenvalue weighted by Gasteiger charge is 2.32. The highest BCUT2D eigenvalue weighted by Crippen LogP contribution is 2.30. The van der Waals surface area contributed by atoms with Gasteiger partial charge in [-0.25, -0.2) is 0 Å². The van der Waals surface area contributed by atoms with Gasteiger partial charge < -0.3 is 15.3 Å². The molecule has 0 aromatic heterocycles. The van der Waals surface area contributed by atoms with E-state index in [0.29, 0.717) is 0 Å². The third-order valence-electron chi connectivity index (χ3n) is 5.18. The van der Waals surface area contributed by atoms with Crippen molar-refractivity contribution in [2.24, 2.45) is 0 Å². The molecule has 0 bridgehead atoms. The van der Waals surface area contributed by atoms with E-state index in [0.717, 1.165) is 51.6 Å². The topological polar surface area (TPSA) is 52.6 Å². The molecule has 0 radical (unpaired) electrons. The minimum Gasteiger partial charge on any atom is -0.389 e. The molecule has 1 heterocycles. The predicted molar refractivity (Wildman–Crippen MR) is 92.5 cm³/mol. The van der Waals surface area contributed by atoms with Crippen LogP contribution in [-0.2, 0) is 4.79 Å². The van der Waals surface area contributed by atoms with Gasteiger partial charge in [-0.15, -0.1) is 0 Å². The Hall–Kier alpha value is -1.55. The third kappa shape index (κ3) is 4.47. The zero-order valence-corrected chi connectivity index (χ0v) is 13.8. The summed E-state index contributed by atoms with van der Waals surface area (Å²) in [5, 5.41) is 13.7. The number of nitrogens with zero attached hydrogens (tertiary/aromatic N) is 1. The van der Waals surface area contributed by atoms with Crippen molar-refractivity contribution < 1.29 is 9.90 Å². The minimum atomic E-state index is -0.768. The van der Waals surface area contributed by atoms with Crippen LogP contribution in [0.5, 0.6) is 0 Å². The van der Waals surface area contributed by atoms with E-state index in [1.54, 1.807) is 0 Å². The van der Waals surface area contributed by atoms with E-state index in [4.69, 9.17) is 0 Å². The summed E-state index contributed by atoms with van der Waals surface area (Å²) >= 11 is 0. The number of anilines is 1. The Bertz CT molecular complexity index is 511. The Morgan fingerprint density at radius 3 is 2.65 bits per heavy atom. The normalized spacial score (nSPS) is 24.2. The van der Waals surface area contributed by atoms with Gasteiger partial charge in [0, 0.05) is 24.8 Å². The number of nitrogens with one attached hydrogen (secondary N) is 1. The second-order valence-corrected chi connectivity index (χ2v) is 7.15. The van der Waals surface area contributed by atoms with Gasteiger partial charge in [-0.05, 0) is 37.8 Å². The SMILES string of the molecule is O=C(CC1(O)CCCCC1)NC1CCCN(c2ccccc2)C1. The number of benzene rings is 1. The van der Waals surface area contributed by atoms with E-state index < -0.39 is 5.60 Å². The second-order valence-electron chi connectivity index (χ2n) is 7.15. The first-order valence-corrected chi connectivity index (χ1v) is 8.96. The van der Waals surface area contributed by atoms with Crippen molar-refractivity contribution in [1.82, 2.24) is 5.32 Å². The van der Waals surface area contributed by atoms with Crippen molar-refractivity contribution in [3.05, 3.63) is 30.3 Å². The van der Waals surface area contributed by atoms with Crippen LogP contribution < -0.4 is 10.2 Å². The van der Waals surface area contributed by atoms with Gasteiger partial charge in [0.05, 0.1) is 12.0 Å². The van der Waals surface area contributed by atoms with E-state index in [2.05, 4.69) is 34.5 Å². The summed E-state index contributed by atoms with van der Waals surface area (Å²) in [6.07, 6.45) is 7.15. The zero-order chi connectivity index (χ0) is 16.1. The molecular weight excluding hydrogens is 288 g/mol. The Morgan fingerprint density at radius 2 is 1.91 bits per heavy atom. The van der Waals surface area contributed by atoms with Gasteiger partial charge >= 0.3 is 0 Å². The lowest BCUT2D eigenvalue weighted by Crippen LogP contribution is -2.49. The highest BCUT2D eigenvalue weighted by molar-refractivity contribution is 5.77. The summed E-state index contributed by atoms with van der Waals surface area (Å²) in [6, 6.07) is 10.6. The first kappa shape index (κ1) is 16.3. The Labute approximate surface area is 138 Å². The van der Waals surface area contributed by atoms with Gasteiger partial charge in [-0.2, -0.15) is 0 Å². The van der Waals surface area contributed by atoms with Gasteiger partial charge in [-0.3, -0.25) is 4.79 Å². The molecule has 2 fully saturated rings. The Morgan fingerprint density at radius 1 is 1.17 bits per heavy atom. The third-order valence-corrected chi connectivity index (χ3v) is 5.18. The maximum Gasteiger partial charge on any atom is 0.223 e. The maximum atomic E-state index is 12.3. The average Bonchev–Trinajstić information content (AvgIpc) is 2.56. The largest absolute Gasteiger partial charge is 0.389 e. The molecule has 1 unspecified atom stereocenters. The molecule has 1 aromatic rings. The van der Waals surface area contributed by atoms with Gasteiger partial charge in [0.25, 0.3) is 0 Å². The minimum absolute atomic E-state index is 0.00862. The molecular formula is C19H28N2O2. The number of carbonyl (C=O) groups excluding carboxylic acids is 1. The fourth-order valence-corrected chi connectivity index (χ4v) is 3.93. The van der Waals surface area contributed by atoms with Crippen molar-refractivity contribution in [2.45, 2.75) is 63.0 Å². The standard InChI is InChI=1S/C19H28N2O2/c22-18(14-19(23)11-5-2-6-12-19)20-16-8-7-13-21(15-16)17-9-3-1-4-10-17/h1,3-4,9-10,16,23H,2,5-8,11-15H2,(H,20,22). The molecule has 23 heavy (non-hydrogen) atoms. The monoisotopic (exact) mass is 316 g/mol. The Kier molecular flexibility index (Phi) is 5.21. The predicted octanol–water partition coefficient (Wildman–Crippen LogP) is 2.86. The van der Waals surface area contributed by atoms with Crippen LogP contribution in [0.3, 0.4) is 0 Å². The number of aliphatic hydroxyl groups is 1. The maximum absolute atomic E-state index is 12.3. The van der Waals surface area contributed by atoms with Crippen LogP contribution >= 0.6 is 0 Å². The molecule has 4 heteroatoms. The van der Waals surface area contributed by atoms with Gasteiger partial charge in [0.2, 0.25) is 5.91 Å². The van der Waals surface area contributed by atoms with Crippen LogP contribution in [0.2, 0.25) is 0 Å². The summed E-state index contributed by atoms with van der Waals surface area (Å²) in [6.45, 7) is 1.90. The summed E-state index contributed by atoms with van der Waals surface area (Å²) in [4.78, 5) is 14.7. The average molecular weight is 316 g/mol. The summed E-state index contributed by atoms with van der Waals surface area (Å²) < 4.78 is 0. The summed E-state index contributed by atoms with van der Waals surface area (Å²) in [5.74, 6) is 0.00862. The molecule has 1 amide bonds. The molecule has 2 aliphatic rings. The smallest absolute Gasteiger partial charge is 0.223 e. The van der Waals surface area contributed by atoms with E-state index in [9.17, 15) is 9.90 Å². The van der Waals surface area contributed by atoms with Crippen LogP contribution in [0.4, 0.5) is 5.69 Å². The molecule has 1 atom stereocenters. The molecule has 1 aliphatic carbocycles. The van der Waals surface area contributed by atoms with E-state index in [1.165, 1.54) is 12.1 Å². The zero-order valence-electron chi connectivity index (χ0n) is 13.8. The van der Waals surface area contributed by atoms with Gasteiger partial charge in [0.1, 0.15) is 0 Å². The van der Waals surface area contributed by atoms with Crippen molar-refractivity contribution in [3.63, 3.8) is 0 Å². The van der Waals surface area contributed by atoms with E-state index >= 15 is 0 Å². The van der Waals surface area contributed by atoms with Crippen LogP contribution in [-0.4, -0.2) is 35.7 Å². The molecule has 0 spiro atoms.